The lowest BCUT2D eigenvalue weighted by Crippen LogP contribution is -2.72. The first-order chi connectivity index (χ1) is 12.9. The van der Waals surface area contributed by atoms with E-state index >= 15 is 0 Å². The maximum atomic E-state index is 13.2. The van der Waals surface area contributed by atoms with Crippen molar-refractivity contribution in [3.05, 3.63) is 24.0 Å². The van der Waals surface area contributed by atoms with Crippen molar-refractivity contribution in [1.82, 2.24) is 20.1 Å². The predicted molar refractivity (Wildman–Crippen MR) is 93.1 cm³/mol. The molecule has 27 heavy (non-hydrogen) atoms. The Morgan fingerprint density at radius 1 is 1.22 bits per heavy atom. The van der Waals surface area contributed by atoms with Gasteiger partial charge in [-0.15, -0.1) is 0 Å². The highest BCUT2D eigenvalue weighted by Gasteiger charge is 2.76. The van der Waals surface area contributed by atoms with Crippen molar-refractivity contribution < 1.29 is 15.0 Å². The molecule has 0 aromatic carbocycles. The number of hydrogen-bond donors (Lipinski definition) is 6. The van der Waals surface area contributed by atoms with Gasteiger partial charge in [0, 0.05) is 31.0 Å². The number of aliphatic hydroxyl groups is 2. The fourth-order valence-corrected chi connectivity index (χ4v) is 6.11. The lowest BCUT2D eigenvalue weighted by atomic mass is 9.74. The number of carbonyl (C=O) groups excluding carboxylic acids is 1. The summed E-state index contributed by atoms with van der Waals surface area (Å²) in [5.41, 5.74) is 10.4. The summed E-state index contributed by atoms with van der Waals surface area (Å²) < 4.78 is 1.80. The lowest BCUT2D eigenvalue weighted by molar-refractivity contribution is -0.0283. The van der Waals surface area contributed by atoms with Crippen LogP contribution in [0, 0.1) is 11.8 Å². The number of guanidine groups is 2. The lowest BCUT2D eigenvalue weighted by Gasteiger charge is -2.50. The minimum Gasteiger partial charge on any atom is -0.393 e. The van der Waals surface area contributed by atoms with Gasteiger partial charge in [0.25, 0.3) is 5.91 Å². The maximum absolute atomic E-state index is 13.2. The first kappa shape index (κ1) is 15.3. The summed E-state index contributed by atoms with van der Waals surface area (Å²) in [6, 6.07) is 3.55. The first-order valence-electron chi connectivity index (χ1n) is 8.96. The molecule has 7 atom stereocenters. The van der Waals surface area contributed by atoms with E-state index in [2.05, 4.69) is 20.6 Å². The second-order valence-corrected chi connectivity index (χ2v) is 8.02. The molecule has 11 heteroatoms. The topological polar surface area (TPSA) is 167 Å². The first-order valence-corrected chi connectivity index (χ1v) is 8.96. The third-order valence-corrected chi connectivity index (χ3v) is 6.91. The van der Waals surface area contributed by atoms with Crippen LogP contribution >= 0.6 is 0 Å². The van der Waals surface area contributed by atoms with Gasteiger partial charge in [0.15, 0.2) is 30.0 Å². The molecular formula is C16H20N8O3. The number of amides is 1. The van der Waals surface area contributed by atoms with Gasteiger partial charge in [-0.2, -0.15) is 0 Å². The number of rotatable bonds is 0. The number of aliphatic imine (C=N–C) groups is 2. The van der Waals surface area contributed by atoms with E-state index in [-0.39, 0.29) is 30.2 Å². The highest BCUT2D eigenvalue weighted by atomic mass is 16.3. The molecule has 6 rings (SSSR count). The van der Waals surface area contributed by atoms with Crippen molar-refractivity contribution in [1.29, 1.82) is 0 Å². The maximum Gasteiger partial charge on any atom is 0.272 e. The summed E-state index contributed by atoms with van der Waals surface area (Å²) >= 11 is 0. The minimum absolute atomic E-state index is 0.123. The molecule has 1 aromatic rings. The number of hydrogen-bond acceptors (Lipinski definition) is 9. The van der Waals surface area contributed by atoms with Gasteiger partial charge in [-0.3, -0.25) is 4.79 Å². The van der Waals surface area contributed by atoms with Crippen LogP contribution in [0.15, 0.2) is 28.3 Å². The Morgan fingerprint density at radius 3 is 2.74 bits per heavy atom. The fraction of sp³-hybridized carbons (Fsp3) is 0.562. The molecule has 0 radical (unpaired) electrons. The molecule has 5 heterocycles. The number of nitrogens with one attached hydrogen (secondary N) is 2. The van der Waals surface area contributed by atoms with Crippen LogP contribution in [0.5, 0.6) is 0 Å². The van der Waals surface area contributed by atoms with Gasteiger partial charge in [0.05, 0.1) is 11.6 Å². The van der Waals surface area contributed by atoms with Crippen molar-refractivity contribution >= 4 is 17.8 Å². The summed E-state index contributed by atoms with van der Waals surface area (Å²) in [5.74, 6) is -0.505. The number of fused-ring (bicyclic) bond motifs is 4. The summed E-state index contributed by atoms with van der Waals surface area (Å²) in [7, 11) is 0. The van der Waals surface area contributed by atoms with Crippen LogP contribution in [0.1, 0.15) is 23.1 Å². The van der Waals surface area contributed by atoms with E-state index < -0.39 is 35.6 Å². The largest absolute Gasteiger partial charge is 0.393 e. The van der Waals surface area contributed by atoms with E-state index in [1.807, 2.05) is 0 Å². The smallest absolute Gasteiger partial charge is 0.272 e. The normalized spacial score (nSPS) is 46.4. The Hall–Kier alpha value is -2.79. The van der Waals surface area contributed by atoms with Crippen LogP contribution in [-0.4, -0.2) is 67.6 Å². The van der Waals surface area contributed by atoms with Gasteiger partial charge in [-0.1, -0.05) is 0 Å². The number of nitrogens with two attached hydrogens (primary N) is 2. The number of aliphatic hydroxyl groups excluding tert-OH is 2. The SMILES string of the molecule is NC1=N[C@H](O)[C@@]2(C[C@@H](O)[C@H]3CN4C(=O)c5cccn5[C@H]5N=C(N)N[C@]54[C@H]32)N1. The van der Waals surface area contributed by atoms with Crippen LogP contribution in [0.25, 0.3) is 0 Å². The number of nitrogens with zero attached hydrogens (tertiary/aromatic N) is 4. The second kappa shape index (κ2) is 4.37. The van der Waals surface area contributed by atoms with Crippen molar-refractivity contribution in [3.8, 4) is 0 Å². The third kappa shape index (κ3) is 1.47. The molecule has 0 unspecified atom stereocenters. The molecule has 1 saturated heterocycles. The molecule has 1 amide bonds. The Bertz CT molecular complexity index is 942. The molecule has 1 aromatic heterocycles. The molecule has 5 aliphatic rings. The summed E-state index contributed by atoms with van der Waals surface area (Å²) in [6.07, 6.45) is -0.301. The summed E-state index contributed by atoms with van der Waals surface area (Å²) in [6.45, 7) is 0.332. The molecule has 11 nitrogen and oxygen atoms in total. The van der Waals surface area contributed by atoms with Gasteiger partial charge >= 0.3 is 0 Å². The molecular weight excluding hydrogens is 352 g/mol. The fourth-order valence-electron chi connectivity index (χ4n) is 6.11. The van der Waals surface area contributed by atoms with E-state index in [9.17, 15) is 15.0 Å². The van der Waals surface area contributed by atoms with Crippen molar-refractivity contribution in [2.45, 2.75) is 36.1 Å². The molecule has 1 aliphatic carbocycles. The zero-order valence-electron chi connectivity index (χ0n) is 14.3. The molecule has 8 N–H and O–H groups in total. The van der Waals surface area contributed by atoms with Crippen LogP contribution in [0.4, 0.5) is 0 Å². The number of carbonyl (C=O) groups is 1. The van der Waals surface area contributed by atoms with Gasteiger partial charge in [0.1, 0.15) is 5.69 Å². The zero-order chi connectivity index (χ0) is 18.7. The number of aromatic nitrogens is 1. The Kier molecular flexibility index (Phi) is 2.47. The van der Waals surface area contributed by atoms with E-state index in [4.69, 9.17) is 11.5 Å². The Balaban J connectivity index is 1.58. The van der Waals surface area contributed by atoms with Crippen molar-refractivity contribution in [2.75, 3.05) is 6.54 Å². The highest BCUT2D eigenvalue weighted by Crippen LogP contribution is 2.60. The van der Waals surface area contributed by atoms with E-state index in [1.54, 1.807) is 27.8 Å². The highest BCUT2D eigenvalue weighted by molar-refractivity contribution is 5.96. The average Bonchev–Trinajstić information content (AvgIpc) is 3.35. The van der Waals surface area contributed by atoms with Gasteiger partial charge < -0.3 is 41.8 Å². The van der Waals surface area contributed by atoms with Gasteiger partial charge in [-0.25, -0.2) is 9.98 Å². The molecule has 142 valence electrons. The van der Waals surface area contributed by atoms with E-state index in [1.165, 1.54) is 0 Å². The van der Waals surface area contributed by atoms with Crippen molar-refractivity contribution in [3.63, 3.8) is 0 Å². The van der Waals surface area contributed by atoms with Crippen LogP contribution in [0.3, 0.4) is 0 Å². The molecule has 4 aliphatic heterocycles. The molecule has 1 saturated carbocycles. The van der Waals surface area contributed by atoms with Crippen LogP contribution < -0.4 is 22.1 Å². The van der Waals surface area contributed by atoms with Crippen LogP contribution in [-0.2, 0) is 0 Å². The van der Waals surface area contributed by atoms with Gasteiger partial charge in [0.2, 0.25) is 0 Å². The zero-order valence-corrected chi connectivity index (χ0v) is 14.3. The molecule has 2 spiro atoms. The van der Waals surface area contributed by atoms with E-state index in [0.29, 0.717) is 12.2 Å². The molecule has 2 fully saturated rings. The van der Waals surface area contributed by atoms with Crippen molar-refractivity contribution in [2.24, 2.45) is 33.3 Å². The van der Waals surface area contributed by atoms with Gasteiger partial charge in [-0.05, 0) is 12.1 Å². The Labute approximate surface area is 153 Å². The third-order valence-electron chi connectivity index (χ3n) is 6.91. The van der Waals surface area contributed by atoms with E-state index in [0.717, 1.165) is 0 Å². The average molecular weight is 372 g/mol. The monoisotopic (exact) mass is 372 g/mol. The summed E-state index contributed by atoms with van der Waals surface area (Å²) in [5, 5.41) is 27.9. The quantitative estimate of drug-likeness (QED) is 0.283. The summed E-state index contributed by atoms with van der Waals surface area (Å²) in [4.78, 5) is 23.6. The standard InChI is InChI=1S/C16H20N8O3/c17-13-19-11-16(22-13)9-6(5-24(16)10(26)7-2-1-3-23(7)11)8(25)4-15(9)12(27)20-14(18)21-15/h1-3,6,8-9,11-12,25,27H,4-5H2,(H3,17,19,22)(H3,18,20,21)/t6-,8-,9-,11-,12-,15+,16+/m1/s1. The second-order valence-electron chi connectivity index (χ2n) is 8.02. The Morgan fingerprint density at radius 2 is 2.00 bits per heavy atom. The molecule has 0 bridgehead atoms. The minimum atomic E-state index is -1.14. The predicted octanol–water partition coefficient (Wildman–Crippen LogP) is -2.96. The van der Waals surface area contributed by atoms with Crippen LogP contribution in [0.2, 0.25) is 0 Å².